The zero-order chi connectivity index (χ0) is 22.1. The summed E-state index contributed by atoms with van der Waals surface area (Å²) in [5.41, 5.74) is 9.27. The highest BCUT2D eigenvalue weighted by Crippen LogP contribution is 2.13. The Balaban J connectivity index is 3.06. The van der Waals surface area contributed by atoms with E-state index in [0.717, 1.165) is 25.8 Å². The van der Waals surface area contributed by atoms with Crippen molar-refractivity contribution in [3.63, 3.8) is 0 Å². The molecule has 176 valence electrons. The molecule has 0 aliphatic carbocycles. The van der Waals surface area contributed by atoms with E-state index >= 15 is 0 Å². The van der Waals surface area contributed by atoms with Gasteiger partial charge in [-0.15, -0.1) is 0 Å². The third kappa shape index (κ3) is 25.9. The van der Waals surface area contributed by atoms with Crippen LogP contribution in [0.25, 0.3) is 0 Å². The first-order valence-corrected chi connectivity index (χ1v) is 11.5. The normalized spacial score (nSPS) is 10.9. The van der Waals surface area contributed by atoms with E-state index in [9.17, 15) is 9.59 Å². The van der Waals surface area contributed by atoms with Crippen LogP contribution in [0.4, 0.5) is 4.79 Å². The number of aliphatic carboxylic acids is 1. The number of nitrogens with one attached hydrogen (secondary N) is 4. The van der Waals surface area contributed by atoms with Crippen molar-refractivity contribution in [3.8, 4) is 0 Å². The lowest BCUT2D eigenvalue weighted by Gasteiger charge is -2.04. The number of rotatable bonds is 23. The number of hydrogen-bond acceptors (Lipinski definition) is 5. The fourth-order valence-corrected chi connectivity index (χ4v) is 3.18. The third-order valence-corrected chi connectivity index (χ3v) is 4.83. The van der Waals surface area contributed by atoms with Gasteiger partial charge in [0.25, 0.3) is 0 Å². The van der Waals surface area contributed by atoms with Crippen molar-refractivity contribution < 1.29 is 19.8 Å². The van der Waals surface area contributed by atoms with Crippen LogP contribution in [-0.4, -0.2) is 28.8 Å². The molecule has 30 heavy (non-hydrogen) atoms. The van der Waals surface area contributed by atoms with Crippen molar-refractivity contribution in [1.82, 2.24) is 21.9 Å². The van der Waals surface area contributed by atoms with Gasteiger partial charge >= 0.3 is 12.1 Å². The van der Waals surface area contributed by atoms with E-state index < -0.39 is 12.1 Å². The minimum Gasteiger partial charge on any atom is -0.481 e. The van der Waals surface area contributed by atoms with E-state index in [-0.39, 0.29) is 0 Å². The summed E-state index contributed by atoms with van der Waals surface area (Å²) in [5, 5.41) is 23.6. The quantitative estimate of drug-likeness (QED) is 0.0771. The van der Waals surface area contributed by atoms with Crippen LogP contribution >= 0.6 is 0 Å². The second-order valence-electron chi connectivity index (χ2n) is 7.58. The largest absolute Gasteiger partial charge is 0.481 e. The summed E-state index contributed by atoms with van der Waals surface area (Å²) in [7, 11) is 0. The van der Waals surface area contributed by atoms with Gasteiger partial charge in [-0.3, -0.25) is 4.79 Å². The zero-order valence-corrected chi connectivity index (χ0v) is 18.3. The SMILES string of the molecule is O=C(O)CCCCCCCCCCCCCCCCCCNNN=NNNC(=O)O. The smallest absolute Gasteiger partial charge is 0.424 e. The predicted octanol–water partition coefficient (Wildman–Crippen LogP) is 4.85. The molecule has 10 nitrogen and oxygen atoms in total. The van der Waals surface area contributed by atoms with Gasteiger partial charge in [0.05, 0.1) is 0 Å². The Morgan fingerprint density at radius 3 is 1.40 bits per heavy atom. The maximum Gasteiger partial charge on any atom is 0.424 e. The number of nitrogens with zero attached hydrogens (tertiary/aromatic N) is 2. The van der Waals surface area contributed by atoms with Gasteiger partial charge in [-0.05, 0) is 23.3 Å². The monoisotopic (exact) mass is 430 g/mol. The molecule has 0 atom stereocenters. The molecule has 0 aromatic rings. The van der Waals surface area contributed by atoms with Crippen LogP contribution in [0.3, 0.4) is 0 Å². The molecule has 0 radical (unpaired) electrons. The number of hydrazine groups is 2. The summed E-state index contributed by atoms with van der Waals surface area (Å²) >= 11 is 0. The predicted molar refractivity (Wildman–Crippen MR) is 116 cm³/mol. The Kier molecular flexibility index (Phi) is 21.6. The van der Waals surface area contributed by atoms with Gasteiger partial charge < -0.3 is 10.2 Å². The highest BCUT2D eigenvalue weighted by Gasteiger charge is 1.97. The van der Waals surface area contributed by atoms with Crippen molar-refractivity contribution in [3.05, 3.63) is 0 Å². The molecule has 10 heteroatoms. The number of carboxylic acid groups (broad SMARTS) is 2. The fraction of sp³-hybridized carbons (Fsp3) is 0.900. The summed E-state index contributed by atoms with van der Waals surface area (Å²) in [5.74, 6) is -0.676. The van der Waals surface area contributed by atoms with Gasteiger partial charge in [0.2, 0.25) is 0 Å². The van der Waals surface area contributed by atoms with E-state index in [4.69, 9.17) is 10.2 Å². The van der Waals surface area contributed by atoms with Crippen molar-refractivity contribution in [2.75, 3.05) is 6.54 Å². The molecule has 0 rings (SSSR count). The highest BCUT2D eigenvalue weighted by atomic mass is 16.4. The first kappa shape index (κ1) is 27.9. The molecule has 1 amide bonds. The van der Waals surface area contributed by atoms with Gasteiger partial charge in [0, 0.05) is 13.0 Å². The Labute approximate surface area is 180 Å². The molecule has 0 aromatic heterocycles. The minimum absolute atomic E-state index is 0.317. The Morgan fingerprint density at radius 1 is 0.567 bits per heavy atom. The van der Waals surface area contributed by atoms with Gasteiger partial charge in [-0.2, -0.15) is 5.53 Å². The molecule has 0 fully saturated rings. The second kappa shape index (κ2) is 23.2. The number of carbonyl (C=O) groups is 2. The van der Waals surface area contributed by atoms with E-state index in [1.807, 2.05) is 11.0 Å². The van der Waals surface area contributed by atoms with Crippen LogP contribution in [0.5, 0.6) is 0 Å². The van der Waals surface area contributed by atoms with Crippen LogP contribution < -0.4 is 21.9 Å². The van der Waals surface area contributed by atoms with Crippen molar-refractivity contribution in [1.29, 1.82) is 0 Å². The fourth-order valence-electron chi connectivity index (χ4n) is 3.18. The Hall–Kier alpha value is -2.10. The van der Waals surface area contributed by atoms with Crippen molar-refractivity contribution in [2.24, 2.45) is 10.4 Å². The van der Waals surface area contributed by atoms with E-state index in [1.165, 1.54) is 83.5 Å². The molecule has 6 N–H and O–H groups in total. The first-order chi connectivity index (χ1) is 14.6. The second-order valence-corrected chi connectivity index (χ2v) is 7.58. The number of unbranched alkanes of at least 4 members (excludes halogenated alkanes) is 15. The molecule has 0 unspecified atom stereocenters. The zero-order valence-electron chi connectivity index (χ0n) is 18.3. The van der Waals surface area contributed by atoms with Gasteiger partial charge in [0.15, 0.2) is 0 Å². The van der Waals surface area contributed by atoms with E-state index in [0.29, 0.717) is 6.42 Å². The van der Waals surface area contributed by atoms with Crippen LogP contribution in [0.2, 0.25) is 0 Å². The van der Waals surface area contributed by atoms with Crippen LogP contribution in [0.15, 0.2) is 10.4 Å². The maximum atomic E-state index is 10.4. The highest BCUT2D eigenvalue weighted by molar-refractivity contribution is 5.66. The lowest BCUT2D eigenvalue weighted by molar-refractivity contribution is -0.137. The molecule has 0 saturated heterocycles. The molecular formula is C20H42N6O4. The van der Waals surface area contributed by atoms with E-state index in [1.54, 1.807) is 0 Å². The first-order valence-electron chi connectivity index (χ1n) is 11.5. The summed E-state index contributed by atoms with van der Waals surface area (Å²) in [6.45, 7) is 0.785. The van der Waals surface area contributed by atoms with Crippen molar-refractivity contribution >= 4 is 12.1 Å². The summed E-state index contributed by atoms with van der Waals surface area (Å²) < 4.78 is 0. The molecule has 0 saturated carbocycles. The molecule has 0 heterocycles. The lowest BCUT2D eigenvalue weighted by Crippen LogP contribution is -2.33. The maximum absolute atomic E-state index is 10.4. The standard InChI is InChI=1S/C20H42N6O4/c27-19(28)17-15-13-11-9-7-5-3-1-2-4-6-8-10-12-14-16-18-21-23-25-26-24-22-20(29)30/h1-18H2,(H,27,28)(H,29,30)(H2,21,24,25)(H2,22,23,26). The average Bonchev–Trinajstić information content (AvgIpc) is 2.70. The van der Waals surface area contributed by atoms with Gasteiger partial charge in [-0.25, -0.2) is 21.2 Å². The van der Waals surface area contributed by atoms with Crippen LogP contribution in [0, 0.1) is 0 Å². The summed E-state index contributed by atoms with van der Waals surface area (Å²) in [6, 6.07) is 0. The molecule has 0 aliphatic rings. The van der Waals surface area contributed by atoms with Crippen molar-refractivity contribution in [2.45, 2.75) is 109 Å². The number of carboxylic acids is 1. The third-order valence-electron chi connectivity index (χ3n) is 4.83. The van der Waals surface area contributed by atoms with Gasteiger partial charge in [0.1, 0.15) is 0 Å². The van der Waals surface area contributed by atoms with Crippen LogP contribution in [-0.2, 0) is 4.79 Å². The topological polar surface area (TPSA) is 147 Å². The Morgan fingerprint density at radius 2 is 0.967 bits per heavy atom. The molecule has 0 bridgehead atoms. The number of hydrogen-bond donors (Lipinski definition) is 6. The minimum atomic E-state index is -1.23. The lowest BCUT2D eigenvalue weighted by atomic mass is 10.0. The molecule has 0 aliphatic heterocycles. The van der Waals surface area contributed by atoms with E-state index in [2.05, 4.69) is 21.4 Å². The van der Waals surface area contributed by atoms with Crippen LogP contribution in [0.1, 0.15) is 109 Å². The summed E-state index contributed by atoms with van der Waals surface area (Å²) in [4.78, 5) is 20.5. The molecule has 0 spiro atoms. The summed E-state index contributed by atoms with van der Waals surface area (Å²) in [6.07, 6.45) is 18.8. The number of amides is 1. The molecule has 0 aromatic carbocycles. The van der Waals surface area contributed by atoms with Gasteiger partial charge in [-0.1, -0.05) is 89.9 Å². The average molecular weight is 431 g/mol. The molecular weight excluding hydrogens is 388 g/mol. The Bertz CT molecular complexity index is 438.